The van der Waals surface area contributed by atoms with Gasteiger partial charge in [-0.1, -0.05) is 0 Å². The van der Waals surface area contributed by atoms with Crippen molar-refractivity contribution < 1.29 is 4.79 Å². The molecule has 1 unspecified atom stereocenters. The molecule has 0 spiro atoms. The van der Waals surface area contributed by atoms with E-state index in [0.29, 0.717) is 12.6 Å². The standard InChI is InChI=1S/C15H24N4O/c1-3-17-15(20)12(2)18-13-6-10-19(11-7-13)14-4-8-16-9-5-14/h4-5,8-9,12-13,18H,3,6-7,10-11H2,1-2H3,(H,17,20). The van der Waals surface area contributed by atoms with Crippen LogP contribution in [-0.4, -0.2) is 42.6 Å². The third kappa shape index (κ3) is 3.93. The molecule has 0 aromatic carbocycles. The van der Waals surface area contributed by atoms with Crippen molar-refractivity contribution in [3.63, 3.8) is 0 Å². The molecule has 1 atom stereocenters. The minimum Gasteiger partial charge on any atom is -0.371 e. The van der Waals surface area contributed by atoms with Crippen LogP contribution in [0, 0.1) is 0 Å². The molecule has 5 heteroatoms. The van der Waals surface area contributed by atoms with Crippen LogP contribution in [0.25, 0.3) is 0 Å². The number of hydrogen-bond acceptors (Lipinski definition) is 4. The number of aromatic nitrogens is 1. The molecule has 1 amide bonds. The molecule has 0 bridgehead atoms. The summed E-state index contributed by atoms with van der Waals surface area (Å²) in [5.41, 5.74) is 1.23. The lowest BCUT2D eigenvalue weighted by Crippen LogP contribution is -2.50. The first kappa shape index (κ1) is 14.8. The summed E-state index contributed by atoms with van der Waals surface area (Å²) in [6.45, 7) is 6.59. The maximum Gasteiger partial charge on any atom is 0.236 e. The van der Waals surface area contributed by atoms with Gasteiger partial charge >= 0.3 is 0 Å². The Morgan fingerprint density at radius 2 is 2.05 bits per heavy atom. The molecule has 1 aromatic rings. The van der Waals surface area contributed by atoms with Crippen LogP contribution < -0.4 is 15.5 Å². The van der Waals surface area contributed by atoms with E-state index in [4.69, 9.17) is 0 Å². The van der Waals surface area contributed by atoms with Crippen LogP contribution in [0.5, 0.6) is 0 Å². The van der Waals surface area contributed by atoms with Crippen molar-refractivity contribution in [2.75, 3.05) is 24.5 Å². The number of anilines is 1. The van der Waals surface area contributed by atoms with Crippen molar-refractivity contribution in [2.24, 2.45) is 0 Å². The van der Waals surface area contributed by atoms with E-state index in [1.807, 2.05) is 38.4 Å². The van der Waals surface area contributed by atoms with Crippen LogP contribution in [-0.2, 0) is 4.79 Å². The summed E-state index contributed by atoms with van der Waals surface area (Å²) in [6, 6.07) is 4.40. The number of rotatable bonds is 5. The maximum absolute atomic E-state index is 11.7. The highest BCUT2D eigenvalue weighted by Crippen LogP contribution is 2.19. The molecule has 2 rings (SSSR count). The van der Waals surface area contributed by atoms with Gasteiger partial charge in [-0.3, -0.25) is 9.78 Å². The van der Waals surface area contributed by atoms with E-state index in [2.05, 4.69) is 20.5 Å². The number of carbonyl (C=O) groups is 1. The lowest BCUT2D eigenvalue weighted by molar-refractivity contribution is -0.122. The van der Waals surface area contributed by atoms with Gasteiger partial charge in [-0.2, -0.15) is 0 Å². The van der Waals surface area contributed by atoms with E-state index >= 15 is 0 Å². The average molecular weight is 276 g/mol. The van der Waals surface area contributed by atoms with Crippen molar-refractivity contribution >= 4 is 11.6 Å². The number of hydrogen-bond donors (Lipinski definition) is 2. The van der Waals surface area contributed by atoms with Crippen LogP contribution in [0.3, 0.4) is 0 Å². The molecule has 0 aliphatic carbocycles. The number of nitrogens with zero attached hydrogens (tertiary/aromatic N) is 2. The number of nitrogens with one attached hydrogen (secondary N) is 2. The number of pyridine rings is 1. The Morgan fingerprint density at radius 3 is 2.65 bits per heavy atom. The van der Waals surface area contributed by atoms with Gasteiger partial charge in [0.2, 0.25) is 5.91 Å². The monoisotopic (exact) mass is 276 g/mol. The summed E-state index contributed by atoms with van der Waals surface area (Å²) in [4.78, 5) is 18.1. The fourth-order valence-electron chi connectivity index (χ4n) is 2.62. The van der Waals surface area contributed by atoms with Gasteiger partial charge < -0.3 is 15.5 Å². The van der Waals surface area contributed by atoms with Crippen molar-refractivity contribution in [3.8, 4) is 0 Å². The maximum atomic E-state index is 11.7. The fourth-order valence-corrected chi connectivity index (χ4v) is 2.62. The quantitative estimate of drug-likeness (QED) is 0.847. The Bertz CT molecular complexity index is 415. The largest absolute Gasteiger partial charge is 0.371 e. The molecule has 1 aromatic heterocycles. The first-order valence-electron chi connectivity index (χ1n) is 7.39. The fraction of sp³-hybridized carbons (Fsp3) is 0.600. The van der Waals surface area contributed by atoms with E-state index in [-0.39, 0.29) is 11.9 Å². The highest BCUT2D eigenvalue weighted by atomic mass is 16.2. The minimum absolute atomic E-state index is 0.0871. The van der Waals surface area contributed by atoms with Gasteiger partial charge in [0, 0.05) is 43.8 Å². The van der Waals surface area contributed by atoms with Gasteiger partial charge in [0.05, 0.1) is 6.04 Å². The third-order valence-electron chi connectivity index (χ3n) is 3.75. The smallest absolute Gasteiger partial charge is 0.236 e. The predicted molar refractivity (Wildman–Crippen MR) is 80.8 cm³/mol. The van der Waals surface area contributed by atoms with Crippen LogP contribution in [0.4, 0.5) is 5.69 Å². The van der Waals surface area contributed by atoms with Crippen molar-refractivity contribution in [3.05, 3.63) is 24.5 Å². The number of likely N-dealkylation sites (N-methyl/N-ethyl adjacent to an activating group) is 1. The van der Waals surface area contributed by atoms with Crippen LogP contribution in [0.1, 0.15) is 26.7 Å². The van der Waals surface area contributed by atoms with E-state index in [1.54, 1.807) is 0 Å². The SMILES string of the molecule is CCNC(=O)C(C)NC1CCN(c2ccncc2)CC1. The van der Waals surface area contributed by atoms with E-state index in [1.165, 1.54) is 5.69 Å². The summed E-state index contributed by atoms with van der Waals surface area (Å²) in [7, 11) is 0. The number of piperidine rings is 1. The van der Waals surface area contributed by atoms with Crippen LogP contribution in [0.2, 0.25) is 0 Å². The molecule has 0 saturated carbocycles. The third-order valence-corrected chi connectivity index (χ3v) is 3.75. The van der Waals surface area contributed by atoms with Crippen molar-refractivity contribution in [1.29, 1.82) is 0 Å². The average Bonchev–Trinajstić information content (AvgIpc) is 2.49. The van der Waals surface area contributed by atoms with E-state index < -0.39 is 0 Å². The molecule has 1 fully saturated rings. The highest BCUT2D eigenvalue weighted by molar-refractivity contribution is 5.81. The van der Waals surface area contributed by atoms with Crippen molar-refractivity contribution in [1.82, 2.24) is 15.6 Å². The molecule has 5 nitrogen and oxygen atoms in total. The van der Waals surface area contributed by atoms with Gasteiger partial charge in [0.1, 0.15) is 0 Å². The summed E-state index contributed by atoms with van der Waals surface area (Å²) in [5, 5.41) is 6.28. The highest BCUT2D eigenvalue weighted by Gasteiger charge is 2.22. The predicted octanol–water partition coefficient (Wildman–Crippen LogP) is 1.16. The summed E-state index contributed by atoms with van der Waals surface area (Å²) >= 11 is 0. The molecular weight excluding hydrogens is 252 g/mol. The number of carbonyl (C=O) groups excluding carboxylic acids is 1. The summed E-state index contributed by atoms with van der Waals surface area (Å²) in [6.07, 6.45) is 5.78. The molecule has 2 N–H and O–H groups in total. The molecule has 1 aliphatic heterocycles. The molecule has 1 aliphatic rings. The Balaban J connectivity index is 1.78. The summed E-state index contributed by atoms with van der Waals surface area (Å²) in [5.74, 6) is 0.0871. The zero-order chi connectivity index (χ0) is 14.4. The minimum atomic E-state index is -0.118. The zero-order valence-electron chi connectivity index (χ0n) is 12.3. The molecular formula is C15H24N4O. The lowest BCUT2D eigenvalue weighted by Gasteiger charge is -2.35. The van der Waals surface area contributed by atoms with Gasteiger partial charge in [-0.05, 0) is 38.8 Å². The van der Waals surface area contributed by atoms with Crippen LogP contribution >= 0.6 is 0 Å². The van der Waals surface area contributed by atoms with Gasteiger partial charge in [0.15, 0.2) is 0 Å². The lowest BCUT2D eigenvalue weighted by atomic mass is 10.0. The molecule has 110 valence electrons. The summed E-state index contributed by atoms with van der Waals surface area (Å²) < 4.78 is 0. The van der Waals surface area contributed by atoms with E-state index in [0.717, 1.165) is 25.9 Å². The first-order valence-corrected chi connectivity index (χ1v) is 7.39. The molecule has 1 saturated heterocycles. The van der Waals surface area contributed by atoms with Gasteiger partial charge in [-0.15, -0.1) is 0 Å². The van der Waals surface area contributed by atoms with Crippen molar-refractivity contribution in [2.45, 2.75) is 38.8 Å². The van der Waals surface area contributed by atoms with Gasteiger partial charge in [0.25, 0.3) is 0 Å². The Morgan fingerprint density at radius 1 is 1.40 bits per heavy atom. The Hall–Kier alpha value is -1.62. The van der Waals surface area contributed by atoms with Gasteiger partial charge in [-0.25, -0.2) is 0 Å². The molecule has 2 heterocycles. The van der Waals surface area contributed by atoms with Crippen LogP contribution in [0.15, 0.2) is 24.5 Å². The topological polar surface area (TPSA) is 57.3 Å². The normalized spacial score (nSPS) is 17.8. The Kier molecular flexibility index (Phi) is 5.35. The van der Waals surface area contributed by atoms with E-state index in [9.17, 15) is 4.79 Å². The zero-order valence-corrected chi connectivity index (χ0v) is 12.3. The molecule has 20 heavy (non-hydrogen) atoms. The second-order valence-electron chi connectivity index (χ2n) is 5.25. The first-order chi connectivity index (χ1) is 9.70. The second kappa shape index (κ2) is 7.24. The second-order valence-corrected chi connectivity index (χ2v) is 5.25. The molecule has 0 radical (unpaired) electrons. The number of amides is 1. The Labute approximate surface area is 120 Å².